The molecule has 1 unspecified atom stereocenters. The normalized spacial score (nSPS) is 12.8. The predicted octanol–water partition coefficient (Wildman–Crippen LogP) is 3.92. The molecule has 15 heavy (non-hydrogen) atoms. The van der Waals surface area contributed by atoms with Crippen LogP contribution in [0, 0.1) is 0 Å². The molecule has 0 bridgehead atoms. The molecule has 0 saturated carbocycles. The van der Waals surface area contributed by atoms with Crippen molar-refractivity contribution in [2.45, 2.75) is 25.4 Å². The topological polar surface area (TPSA) is 20.2 Å². The third kappa shape index (κ3) is 4.60. The molecule has 0 spiro atoms. The molecule has 0 radical (unpaired) electrons. The van der Waals surface area contributed by atoms with E-state index in [0.29, 0.717) is 28.8 Å². The summed E-state index contributed by atoms with van der Waals surface area (Å²) >= 11 is 17.4. The molecule has 4 heteroatoms. The zero-order valence-corrected chi connectivity index (χ0v) is 10.5. The maximum absolute atomic E-state index is 9.69. The van der Waals surface area contributed by atoms with Crippen LogP contribution in [0.1, 0.15) is 18.4 Å². The van der Waals surface area contributed by atoms with Crippen molar-refractivity contribution >= 4 is 34.8 Å². The lowest BCUT2D eigenvalue weighted by atomic mass is 10.0. The summed E-state index contributed by atoms with van der Waals surface area (Å²) in [6.45, 7) is 0. The van der Waals surface area contributed by atoms with Crippen molar-refractivity contribution in [2.75, 3.05) is 5.88 Å². The minimum atomic E-state index is -0.403. The monoisotopic (exact) mass is 266 g/mol. The van der Waals surface area contributed by atoms with E-state index in [1.807, 2.05) is 0 Å². The molecule has 84 valence electrons. The van der Waals surface area contributed by atoms with E-state index in [-0.39, 0.29) is 0 Å². The third-order valence-electron chi connectivity index (χ3n) is 2.13. The Hall–Kier alpha value is 0.0500. The Kier molecular flexibility index (Phi) is 5.77. The van der Waals surface area contributed by atoms with Crippen molar-refractivity contribution in [1.82, 2.24) is 0 Å². The highest BCUT2D eigenvalue weighted by atomic mass is 35.5. The summed E-state index contributed by atoms with van der Waals surface area (Å²) in [7, 11) is 0. The van der Waals surface area contributed by atoms with Crippen LogP contribution in [-0.2, 0) is 6.42 Å². The van der Waals surface area contributed by atoms with E-state index in [0.717, 1.165) is 12.0 Å². The molecule has 1 atom stereocenters. The van der Waals surface area contributed by atoms with E-state index in [4.69, 9.17) is 34.8 Å². The van der Waals surface area contributed by atoms with Crippen LogP contribution in [0.5, 0.6) is 0 Å². The second-order valence-corrected chi connectivity index (χ2v) is 4.65. The highest BCUT2D eigenvalue weighted by Gasteiger charge is 2.08. The van der Waals surface area contributed by atoms with Gasteiger partial charge >= 0.3 is 0 Å². The second-order valence-electron chi connectivity index (χ2n) is 3.42. The largest absolute Gasteiger partial charge is 0.393 e. The van der Waals surface area contributed by atoms with Gasteiger partial charge in [0, 0.05) is 15.9 Å². The average molecular weight is 268 g/mol. The molecule has 1 rings (SSSR count). The molecular formula is C11H13Cl3O. The van der Waals surface area contributed by atoms with Crippen LogP contribution in [0.4, 0.5) is 0 Å². The van der Waals surface area contributed by atoms with Crippen molar-refractivity contribution < 1.29 is 5.11 Å². The highest BCUT2D eigenvalue weighted by molar-refractivity contribution is 6.33. The molecule has 0 aromatic heterocycles. The number of hydrogen-bond acceptors (Lipinski definition) is 1. The number of halogens is 3. The smallest absolute Gasteiger partial charge is 0.0581 e. The van der Waals surface area contributed by atoms with Crippen molar-refractivity contribution in [3.8, 4) is 0 Å². The molecule has 1 aromatic carbocycles. The Labute approximate surface area is 105 Å². The first-order valence-corrected chi connectivity index (χ1v) is 6.10. The maximum Gasteiger partial charge on any atom is 0.0581 e. The van der Waals surface area contributed by atoms with Crippen molar-refractivity contribution in [3.05, 3.63) is 33.8 Å². The quantitative estimate of drug-likeness (QED) is 0.802. The Bertz CT molecular complexity index is 315. The molecule has 0 saturated heterocycles. The van der Waals surface area contributed by atoms with Gasteiger partial charge in [0.2, 0.25) is 0 Å². The Morgan fingerprint density at radius 1 is 1.27 bits per heavy atom. The zero-order valence-electron chi connectivity index (χ0n) is 8.22. The van der Waals surface area contributed by atoms with Gasteiger partial charge in [0.1, 0.15) is 0 Å². The van der Waals surface area contributed by atoms with Crippen LogP contribution in [0.15, 0.2) is 18.2 Å². The molecule has 0 fully saturated rings. The number of alkyl halides is 1. The number of benzene rings is 1. The van der Waals surface area contributed by atoms with Crippen LogP contribution >= 0.6 is 34.8 Å². The predicted molar refractivity (Wildman–Crippen MR) is 66.1 cm³/mol. The van der Waals surface area contributed by atoms with Crippen LogP contribution < -0.4 is 0 Å². The fourth-order valence-corrected chi connectivity index (χ4v) is 1.91. The van der Waals surface area contributed by atoms with Gasteiger partial charge in [-0.3, -0.25) is 0 Å². The van der Waals surface area contributed by atoms with Crippen LogP contribution in [0.2, 0.25) is 10.0 Å². The van der Waals surface area contributed by atoms with Gasteiger partial charge in [-0.15, -0.1) is 11.6 Å². The molecule has 1 N–H and O–H groups in total. The van der Waals surface area contributed by atoms with E-state index in [9.17, 15) is 5.11 Å². The van der Waals surface area contributed by atoms with Gasteiger partial charge in [0.15, 0.2) is 0 Å². The van der Waals surface area contributed by atoms with Crippen LogP contribution in [-0.4, -0.2) is 17.1 Å². The summed E-state index contributed by atoms with van der Waals surface area (Å²) in [6, 6.07) is 5.26. The SMILES string of the molecule is OC(CCCCl)Cc1cc(Cl)ccc1Cl. The summed E-state index contributed by atoms with van der Waals surface area (Å²) in [5, 5.41) is 11.0. The van der Waals surface area contributed by atoms with Crippen molar-refractivity contribution in [2.24, 2.45) is 0 Å². The molecule has 0 aliphatic rings. The van der Waals surface area contributed by atoms with Gasteiger partial charge in [0.25, 0.3) is 0 Å². The van der Waals surface area contributed by atoms with E-state index in [1.165, 1.54) is 0 Å². The molecule has 1 nitrogen and oxygen atoms in total. The highest BCUT2D eigenvalue weighted by Crippen LogP contribution is 2.22. The number of aliphatic hydroxyl groups excluding tert-OH is 1. The standard InChI is InChI=1S/C11H13Cl3O/c12-5-1-2-10(15)7-8-6-9(13)3-4-11(8)14/h3-4,6,10,15H,1-2,5,7H2. The first-order valence-electron chi connectivity index (χ1n) is 4.81. The number of hydrogen-bond donors (Lipinski definition) is 1. The summed E-state index contributed by atoms with van der Waals surface area (Å²) in [5.41, 5.74) is 0.881. The number of aliphatic hydroxyl groups is 1. The molecule has 0 aliphatic carbocycles. The van der Waals surface area contributed by atoms with Gasteiger partial charge in [-0.25, -0.2) is 0 Å². The fraction of sp³-hybridized carbons (Fsp3) is 0.455. The third-order valence-corrected chi connectivity index (χ3v) is 3.01. The van der Waals surface area contributed by atoms with Gasteiger partial charge in [-0.05, 0) is 43.0 Å². The van der Waals surface area contributed by atoms with E-state index >= 15 is 0 Å². The van der Waals surface area contributed by atoms with Crippen LogP contribution in [0.25, 0.3) is 0 Å². The van der Waals surface area contributed by atoms with Crippen LogP contribution in [0.3, 0.4) is 0 Å². The minimum absolute atomic E-state index is 0.403. The summed E-state index contributed by atoms with van der Waals surface area (Å²) in [6.07, 6.45) is 1.61. The Morgan fingerprint density at radius 3 is 2.67 bits per heavy atom. The second kappa shape index (κ2) is 6.59. The molecule has 1 aromatic rings. The van der Waals surface area contributed by atoms with E-state index in [2.05, 4.69) is 0 Å². The summed E-state index contributed by atoms with van der Waals surface area (Å²) in [5.74, 6) is 0.570. The molecular weight excluding hydrogens is 254 g/mol. The van der Waals surface area contributed by atoms with Gasteiger partial charge in [0.05, 0.1) is 6.10 Å². The fourth-order valence-electron chi connectivity index (χ4n) is 1.37. The lowest BCUT2D eigenvalue weighted by Crippen LogP contribution is -2.10. The number of rotatable bonds is 5. The van der Waals surface area contributed by atoms with Crippen molar-refractivity contribution in [1.29, 1.82) is 0 Å². The first kappa shape index (κ1) is 13.1. The first-order chi connectivity index (χ1) is 7.13. The van der Waals surface area contributed by atoms with Gasteiger partial charge in [-0.1, -0.05) is 23.2 Å². The minimum Gasteiger partial charge on any atom is -0.393 e. The molecule has 0 aliphatic heterocycles. The summed E-state index contributed by atoms with van der Waals surface area (Å²) in [4.78, 5) is 0. The average Bonchev–Trinajstić information content (AvgIpc) is 2.20. The summed E-state index contributed by atoms with van der Waals surface area (Å²) < 4.78 is 0. The Morgan fingerprint density at radius 2 is 2.00 bits per heavy atom. The lowest BCUT2D eigenvalue weighted by Gasteiger charge is -2.11. The van der Waals surface area contributed by atoms with Crippen molar-refractivity contribution in [3.63, 3.8) is 0 Å². The van der Waals surface area contributed by atoms with E-state index in [1.54, 1.807) is 18.2 Å². The Balaban J connectivity index is 2.59. The lowest BCUT2D eigenvalue weighted by molar-refractivity contribution is 0.164. The maximum atomic E-state index is 9.69. The zero-order chi connectivity index (χ0) is 11.3. The van der Waals surface area contributed by atoms with Gasteiger partial charge < -0.3 is 5.11 Å². The van der Waals surface area contributed by atoms with Gasteiger partial charge in [-0.2, -0.15) is 0 Å². The van der Waals surface area contributed by atoms with E-state index < -0.39 is 6.10 Å². The molecule has 0 amide bonds. The molecule has 0 heterocycles.